The number of hydrogen-bond donors (Lipinski definition) is 6. The van der Waals surface area contributed by atoms with Gasteiger partial charge in [-0.25, -0.2) is 0 Å². The Bertz CT molecular complexity index is 766. The number of hydrogen-bond acceptors (Lipinski definition) is 8. The molecule has 2 unspecified atom stereocenters. The summed E-state index contributed by atoms with van der Waals surface area (Å²) in [5, 5.41) is 53.8. The Hall–Kier alpha value is -1.07. The van der Waals surface area contributed by atoms with Crippen molar-refractivity contribution < 1.29 is 39.8 Å². The van der Waals surface area contributed by atoms with Crippen LogP contribution in [0.25, 0.3) is 0 Å². The zero-order valence-electron chi connectivity index (χ0n) is 30.7. The fourth-order valence-corrected chi connectivity index (χ4v) is 6.33. The van der Waals surface area contributed by atoms with Gasteiger partial charge in [-0.2, -0.15) is 0 Å². The number of carbonyl (C=O) groups excluding carboxylic acids is 1. The number of allylic oxidation sites excluding steroid dienone is 1. The Morgan fingerprint density at radius 1 is 0.688 bits per heavy atom. The minimum atomic E-state index is -1.56. The van der Waals surface area contributed by atoms with Crippen molar-refractivity contribution in [3.05, 3.63) is 12.2 Å². The Balaban J connectivity index is 2.39. The summed E-state index contributed by atoms with van der Waals surface area (Å²) in [5.74, 6) is -0.182. The molecule has 0 saturated carbocycles. The lowest BCUT2D eigenvalue weighted by Gasteiger charge is -2.40. The molecule has 0 spiro atoms. The maximum absolute atomic E-state index is 12.8. The van der Waals surface area contributed by atoms with Crippen LogP contribution in [0, 0.1) is 0 Å². The predicted molar refractivity (Wildman–Crippen MR) is 194 cm³/mol. The number of ether oxygens (including phenoxy) is 2. The fraction of sp³-hybridized carbons (Fsp3) is 0.923. The standard InChI is InChI=1S/C39H75NO8/c1-3-5-7-9-11-13-14-15-16-17-18-19-20-21-22-24-26-28-33(42)32(40-35(43)29-27-25-23-12-10-8-6-4-2)31-47-39-38(46)37(45)36(44)34(30-41)48-39/h26,28,32-34,36-39,41-42,44-46H,3-25,27,29-31H2,1-2H3,(H,40,43)/b28-26+/t32-,33+,34+,36-,37?,38?,39+/m0/s1. The van der Waals surface area contributed by atoms with Crippen LogP contribution in [-0.4, -0.2) is 87.5 Å². The molecular formula is C39H75NO8. The lowest BCUT2D eigenvalue weighted by molar-refractivity contribution is -0.302. The minimum Gasteiger partial charge on any atom is -0.394 e. The number of rotatable bonds is 32. The van der Waals surface area contributed by atoms with E-state index in [-0.39, 0.29) is 12.5 Å². The van der Waals surface area contributed by atoms with Crippen LogP contribution in [0.1, 0.15) is 174 Å². The first-order valence-corrected chi connectivity index (χ1v) is 19.9. The van der Waals surface area contributed by atoms with Gasteiger partial charge in [0.05, 0.1) is 25.4 Å². The Morgan fingerprint density at radius 3 is 1.62 bits per heavy atom. The van der Waals surface area contributed by atoms with Gasteiger partial charge in [-0.15, -0.1) is 0 Å². The molecule has 0 aromatic heterocycles. The van der Waals surface area contributed by atoms with E-state index < -0.39 is 49.5 Å². The molecule has 9 nitrogen and oxygen atoms in total. The van der Waals surface area contributed by atoms with Crippen molar-refractivity contribution in [1.82, 2.24) is 5.32 Å². The van der Waals surface area contributed by atoms with Gasteiger partial charge in [0.1, 0.15) is 24.4 Å². The predicted octanol–water partition coefficient (Wildman–Crippen LogP) is 7.00. The van der Waals surface area contributed by atoms with Gasteiger partial charge >= 0.3 is 0 Å². The van der Waals surface area contributed by atoms with Gasteiger partial charge in [0, 0.05) is 6.42 Å². The fourth-order valence-electron chi connectivity index (χ4n) is 6.33. The summed E-state index contributed by atoms with van der Waals surface area (Å²) in [4.78, 5) is 12.8. The molecule has 0 radical (unpaired) electrons. The van der Waals surface area contributed by atoms with E-state index in [1.165, 1.54) is 116 Å². The third-order valence-electron chi connectivity index (χ3n) is 9.61. The van der Waals surface area contributed by atoms with E-state index in [2.05, 4.69) is 19.2 Å². The average Bonchev–Trinajstić information content (AvgIpc) is 3.08. The van der Waals surface area contributed by atoms with Crippen LogP contribution in [0.15, 0.2) is 12.2 Å². The van der Waals surface area contributed by atoms with Gasteiger partial charge in [-0.3, -0.25) is 4.79 Å². The topological polar surface area (TPSA) is 149 Å². The monoisotopic (exact) mass is 686 g/mol. The molecule has 0 aromatic rings. The molecule has 48 heavy (non-hydrogen) atoms. The van der Waals surface area contributed by atoms with Crippen LogP contribution in [0.5, 0.6) is 0 Å². The van der Waals surface area contributed by atoms with Crippen molar-refractivity contribution in [2.75, 3.05) is 13.2 Å². The maximum Gasteiger partial charge on any atom is 0.220 e. The summed E-state index contributed by atoms with van der Waals surface area (Å²) < 4.78 is 11.1. The zero-order chi connectivity index (χ0) is 35.2. The molecule has 6 N–H and O–H groups in total. The van der Waals surface area contributed by atoms with Crippen LogP contribution in [0.2, 0.25) is 0 Å². The number of carbonyl (C=O) groups is 1. The number of aliphatic hydroxyl groups is 5. The molecule has 9 heteroatoms. The second-order valence-corrected chi connectivity index (χ2v) is 14.1. The minimum absolute atomic E-state index is 0.182. The summed E-state index contributed by atoms with van der Waals surface area (Å²) in [6.07, 6.45) is 25.5. The summed E-state index contributed by atoms with van der Waals surface area (Å²) >= 11 is 0. The quantitative estimate of drug-likeness (QED) is 0.0328. The maximum atomic E-state index is 12.8. The summed E-state index contributed by atoms with van der Waals surface area (Å²) in [6.45, 7) is 3.72. The molecule has 284 valence electrons. The lowest BCUT2D eigenvalue weighted by Crippen LogP contribution is -2.60. The Labute approximate surface area is 293 Å². The van der Waals surface area contributed by atoms with E-state index in [1.54, 1.807) is 6.08 Å². The van der Waals surface area contributed by atoms with Gasteiger partial charge in [0.25, 0.3) is 0 Å². The molecule has 0 bridgehead atoms. The SMILES string of the molecule is CCCCCCCCCCCCCCCCC/C=C/[C@@H](O)[C@H](CO[C@@H]1O[C@H](CO)[C@H](O)C(O)C1O)NC(=O)CCCCCCCCCC. The van der Waals surface area contributed by atoms with Crippen LogP contribution >= 0.6 is 0 Å². The first-order chi connectivity index (χ1) is 23.3. The highest BCUT2D eigenvalue weighted by Crippen LogP contribution is 2.22. The normalized spacial score (nSPS) is 22.7. The van der Waals surface area contributed by atoms with Gasteiger partial charge in [0.2, 0.25) is 5.91 Å². The molecular weight excluding hydrogens is 610 g/mol. The highest BCUT2D eigenvalue weighted by atomic mass is 16.7. The van der Waals surface area contributed by atoms with Crippen LogP contribution < -0.4 is 5.32 Å². The van der Waals surface area contributed by atoms with Gasteiger partial charge in [0.15, 0.2) is 6.29 Å². The van der Waals surface area contributed by atoms with Crippen molar-refractivity contribution >= 4 is 5.91 Å². The van der Waals surface area contributed by atoms with E-state index in [9.17, 15) is 30.3 Å². The summed E-state index contributed by atoms with van der Waals surface area (Å²) in [5.41, 5.74) is 0. The zero-order valence-corrected chi connectivity index (χ0v) is 30.7. The van der Waals surface area contributed by atoms with Crippen molar-refractivity contribution in [3.8, 4) is 0 Å². The van der Waals surface area contributed by atoms with Gasteiger partial charge in [-0.05, 0) is 19.3 Å². The largest absolute Gasteiger partial charge is 0.394 e. The van der Waals surface area contributed by atoms with E-state index in [0.717, 1.165) is 38.5 Å². The summed E-state index contributed by atoms with van der Waals surface area (Å²) in [7, 11) is 0. The molecule has 1 rings (SSSR count). The number of amides is 1. The molecule has 1 saturated heterocycles. The second kappa shape index (κ2) is 30.7. The van der Waals surface area contributed by atoms with E-state index in [1.807, 2.05) is 6.08 Å². The van der Waals surface area contributed by atoms with Crippen molar-refractivity contribution in [2.45, 2.75) is 217 Å². The smallest absolute Gasteiger partial charge is 0.220 e. The number of aliphatic hydroxyl groups excluding tert-OH is 5. The van der Waals surface area contributed by atoms with Crippen LogP contribution in [0.4, 0.5) is 0 Å². The van der Waals surface area contributed by atoms with E-state index >= 15 is 0 Å². The lowest BCUT2D eigenvalue weighted by atomic mass is 9.99. The summed E-state index contributed by atoms with van der Waals surface area (Å²) in [6, 6.07) is -0.795. The highest BCUT2D eigenvalue weighted by molar-refractivity contribution is 5.76. The average molecular weight is 686 g/mol. The molecule has 1 aliphatic heterocycles. The molecule has 0 aromatic carbocycles. The third kappa shape index (κ3) is 21.9. The molecule has 0 aliphatic carbocycles. The van der Waals surface area contributed by atoms with E-state index in [0.29, 0.717) is 6.42 Å². The van der Waals surface area contributed by atoms with Gasteiger partial charge < -0.3 is 40.3 Å². The van der Waals surface area contributed by atoms with Gasteiger partial charge in [-0.1, -0.05) is 161 Å². The van der Waals surface area contributed by atoms with Crippen LogP contribution in [-0.2, 0) is 14.3 Å². The van der Waals surface area contributed by atoms with Crippen molar-refractivity contribution in [2.24, 2.45) is 0 Å². The molecule has 1 amide bonds. The first-order valence-electron chi connectivity index (χ1n) is 19.9. The highest BCUT2D eigenvalue weighted by Gasteiger charge is 2.44. The Morgan fingerprint density at radius 2 is 1.15 bits per heavy atom. The molecule has 7 atom stereocenters. The third-order valence-corrected chi connectivity index (χ3v) is 9.61. The first kappa shape index (κ1) is 45.0. The second-order valence-electron chi connectivity index (χ2n) is 14.1. The van der Waals surface area contributed by atoms with Crippen molar-refractivity contribution in [3.63, 3.8) is 0 Å². The van der Waals surface area contributed by atoms with Crippen molar-refractivity contribution in [1.29, 1.82) is 0 Å². The number of nitrogens with one attached hydrogen (secondary N) is 1. The van der Waals surface area contributed by atoms with E-state index in [4.69, 9.17) is 9.47 Å². The number of unbranched alkanes of at least 4 members (excludes halogenated alkanes) is 22. The molecule has 1 aliphatic rings. The molecule has 1 heterocycles. The molecule has 1 fully saturated rings. The van der Waals surface area contributed by atoms with Crippen LogP contribution in [0.3, 0.4) is 0 Å². The Kier molecular flexibility index (Phi) is 28.8.